The van der Waals surface area contributed by atoms with E-state index in [1.54, 1.807) is 30.3 Å². The van der Waals surface area contributed by atoms with Crippen molar-refractivity contribution < 1.29 is 4.39 Å². The Morgan fingerprint density at radius 1 is 1.19 bits per heavy atom. The lowest BCUT2D eigenvalue weighted by molar-refractivity contribution is 0.631. The third-order valence-electron chi connectivity index (χ3n) is 1.93. The minimum atomic E-state index is -0.351. The summed E-state index contributed by atoms with van der Waals surface area (Å²) in [4.78, 5) is 4.02. The fourth-order valence-electron chi connectivity index (χ4n) is 1.22. The molecule has 16 heavy (non-hydrogen) atoms. The van der Waals surface area contributed by atoms with Crippen molar-refractivity contribution in [2.75, 3.05) is 5.32 Å². The Bertz CT molecular complexity index is 499. The van der Waals surface area contributed by atoms with E-state index in [9.17, 15) is 4.39 Å². The highest BCUT2D eigenvalue weighted by molar-refractivity contribution is 9.10. The third kappa shape index (κ3) is 2.51. The van der Waals surface area contributed by atoms with Crippen LogP contribution in [0.4, 0.5) is 15.9 Å². The van der Waals surface area contributed by atoms with Crippen LogP contribution < -0.4 is 5.32 Å². The second kappa shape index (κ2) is 4.80. The molecule has 2 rings (SSSR count). The summed E-state index contributed by atoms with van der Waals surface area (Å²) in [7, 11) is 0. The number of halogens is 3. The van der Waals surface area contributed by atoms with E-state index in [-0.39, 0.29) is 5.82 Å². The molecule has 1 aromatic heterocycles. The van der Waals surface area contributed by atoms with Gasteiger partial charge in [-0.2, -0.15) is 0 Å². The molecular weight excluding hydrogens is 294 g/mol. The summed E-state index contributed by atoms with van der Waals surface area (Å²) in [5.74, 6) is 0.148. The Labute approximate surface area is 106 Å². The lowest BCUT2D eigenvalue weighted by atomic mass is 10.3. The smallest absolute Gasteiger partial charge is 0.147 e. The molecule has 0 amide bonds. The quantitative estimate of drug-likeness (QED) is 0.833. The molecule has 0 atom stereocenters. The van der Waals surface area contributed by atoms with Crippen molar-refractivity contribution in [1.29, 1.82) is 0 Å². The van der Waals surface area contributed by atoms with Crippen molar-refractivity contribution in [1.82, 2.24) is 4.98 Å². The molecule has 5 heteroatoms. The first kappa shape index (κ1) is 11.4. The average Bonchev–Trinajstić information content (AvgIpc) is 2.24. The van der Waals surface area contributed by atoms with Gasteiger partial charge in [0.15, 0.2) is 0 Å². The number of nitrogens with zero attached hydrogens (tertiary/aromatic N) is 1. The molecule has 1 aromatic carbocycles. The van der Waals surface area contributed by atoms with Crippen molar-refractivity contribution in [3.05, 3.63) is 51.8 Å². The SMILES string of the molecule is Fc1cccc(Br)c1Nc1cccc(Cl)n1. The molecule has 1 heterocycles. The highest BCUT2D eigenvalue weighted by Gasteiger charge is 2.06. The monoisotopic (exact) mass is 300 g/mol. The molecule has 0 aliphatic carbocycles. The molecule has 0 saturated carbocycles. The Morgan fingerprint density at radius 3 is 2.62 bits per heavy atom. The van der Waals surface area contributed by atoms with E-state index >= 15 is 0 Å². The molecule has 0 spiro atoms. The van der Waals surface area contributed by atoms with Gasteiger partial charge in [0.1, 0.15) is 16.8 Å². The van der Waals surface area contributed by atoms with Crippen LogP contribution in [0.3, 0.4) is 0 Å². The van der Waals surface area contributed by atoms with Crippen molar-refractivity contribution in [2.24, 2.45) is 0 Å². The third-order valence-corrected chi connectivity index (χ3v) is 2.80. The van der Waals surface area contributed by atoms with E-state index < -0.39 is 0 Å². The van der Waals surface area contributed by atoms with Crippen LogP contribution >= 0.6 is 27.5 Å². The standard InChI is InChI=1S/C11H7BrClFN2/c12-7-3-1-4-8(14)11(7)16-10-6-2-5-9(13)15-10/h1-6H,(H,15,16). The van der Waals surface area contributed by atoms with E-state index in [2.05, 4.69) is 26.2 Å². The van der Waals surface area contributed by atoms with Gasteiger partial charge in [0.05, 0.1) is 5.69 Å². The van der Waals surface area contributed by atoms with Crippen LogP contribution in [0.2, 0.25) is 5.15 Å². The summed E-state index contributed by atoms with van der Waals surface area (Å²) in [5.41, 5.74) is 0.345. The van der Waals surface area contributed by atoms with Crippen LogP contribution in [-0.4, -0.2) is 4.98 Å². The number of hydrogen-bond acceptors (Lipinski definition) is 2. The summed E-state index contributed by atoms with van der Waals surface area (Å²) < 4.78 is 14.1. The molecular formula is C11H7BrClFN2. The summed E-state index contributed by atoms with van der Waals surface area (Å²) in [6.07, 6.45) is 0. The average molecular weight is 302 g/mol. The number of benzene rings is 1. The van der Waals surface area contributed by atoms with Gasteiger partial charge in [-0.05, 0) is 40.2 Å². The Balaban J connectivity index is 2.34. The number of pyridine rings is 1. The molecule has 0 fully saturated rings. The van der Waals surface area contributed by atoms with Gasteiger partial charge in [-0.15, -0.1) is 0 Å². The van der Waals surface area contributed by atoms with Crippen molar-refractivity contribution >= 4 is 39.0 Å². The highest BCUT2D eigenvalue weighted by Crippen LogP contribution is 2.28. The van der Waals surface area contributed by atoms with E-state index in [0.717, 1.165) is 0 Å². The summed E-state index contributed by atoms with van der Waals surface area (Å²) in [5, 5.41) is 3.22. The predicted molar refractivity (Wildman–Crippen MR) is 66.6 cm³/mol. The van der Waals surface area contributed by atoms with Crippen molar-refractivity contribution in [3.63, 3.8) is 0 Å². The molecule has 0 aliphatic heterocycles. The van der Waals surface area contributed by atoms with E-state index in [0.29, 0.717) is 21.1 Å². The molecule has 1 N–H and O–H groups in total. The number of aromatic nitrogens is 1. The largest absolute Gasteiger partial charge is 0.337 e. The zero-order valence-electron chi connectivity index (χ0n) is 8.05. The maximum atomic E-state index is 13.5. The fraction of sp³-hybridized carbons (Fsp3) is 0. The van der Waals surface area contributed by atoms with E-state index in [1.165, 1.54) is 6.07 Å². The molecule has 0 unspecified atom stereocenters. The first-order chi connectivity index (χ1) is 7.66. The second-order valence-corrected chi connectivity index (χ2v) is 4.31. The number of nitrogens with one attached hydrogen (secondary N) is 1. The molecule has 0 bridgehead atoms. The maximum Gasteiger partial charge on any atom is 0.147 e. The first-order valence-electron chi connectivity index (χ1n) is 4.50. The van der Waals surface area contributed by atoms with Crippen molar-refractivity contribution in [3.8, 4) is 0 Å². The normalized spacial score (nSPS) is 10.2. The minimum absolute atomic E-state index is 0.345. The number of para-hydroxylation sites is 1. The van der Waals surface area contributed by atoms with Gasteiger partial charge in [0, 0.05) is 4.47 Å². The Morgan fingerprint density at radius 2 is 1.94 bits per heavy atom. The van der Waals surface area contributed by atoms with Gasteiger partial charge in [0.25, 0.3) is 0 Å². The van der Waals surface area contributed by atoms with Gasteiger partial charge < -0.3 is 5.32 Å². The van der Waals surface area contributed by atoms with Crippen LogP contribution in [0.5, 0.6) is 0 Å². The summed E-state index contributed by atoms with van der Waals surface area (Å²) in [6, 6.07) is 9.85. The highest BCUT2D eigenvalue weighted by atomic mass is 79.9. The number of hydrogen-bond donors (Lipinski definition) is 1. The van der Waals surface area contributed by atoms with Crippen LogP contribution in [0, 0.1) is 5.82 Å². The molecule has 2 aromatic rings. The first-order valence-corrected chi connectivity index (χ1v) is 5.67. The summed E-state index contributed by atoms with van der Waals surface area (Å²) >= 11 is 8.99. The summed E-state index contributed by atoms with van der Waals surface area (Å²) in [6.45, 7) is 0. The van der Waals surface area contributed by atoms with Crippen LogP contribution in [-0.2, 0) is 0 Å². The Kier molecular flexibility index (Phi) is 3.41. The zero-order valence-corrected chi connectivity index (χ0v) is 10.4. The van der Waals surface area contributed by atoms with Gasteiger partial charge in [-0.1, -0.05) is 23.7 Å². The lowest BCUT2D eigenvalue weighted by Crippen LogP contribution is -1.97. The molecule has 0 radical (unpaired) electrons. The van der Waals surface area contributed by atoms with Crippen LogP contribution in [0.1, 0.15) is 0 Å². The molecule has 82 valence electrons. The second-order valence-electron chi connectivity index (χ2n) is 3.07. The number of anilines is 2. The maximum absolute atomic E-state index is 13.5. The molecule has 0 aliphatic rings. The minimum Gasteiger partial charge on any atom is -0.337 e. The Hall–Kier alpha value is -1.13. The lowest BCUT2D eigenvalue weighted by Gasteiger charge is -2.08. The molecule has 0 saturated heterocycles. The fourth-order valence-corrected chi connectivity index (χ4v) is 1.83. The predicted octanol–water partition coefficient (Wildman–Crippen LogP) is 4.38. The molecule has 2 nitrogen and oxygen atoms in total. The van der Waals surface area contributed by atoms with E-state index in [4.69, 9.17) is 11.6 Å². The van der Waals surface area contributed by atoms with Gasteiger partial charge in [-0.25, -0.2) is 9.37 Å². The van der Waals surface area contributed by atoms with Crippen molar-refractivity contribution in [2.45, 2.75) is 0 Å². The topological polar surface area (TPSA) is 24.9 Å². The van der Waals surface area contributed by atoms with Crippen LogP contribution in [0.15, 0.2) is 40.9 Å². The van der Waals surface area contributed by atoms with Gasteiger partial charge >= 0.3 is 0 Å². The van der Waals surface area contributed by atoms with E-state index in [1.807, 2.05) is 0 Å². The zero-order chi connectivity index (χ0) is 11.5. The van der Waals surface area contributed by atoms with Crippen LogP contribution in [0.25, 0.3) is 0 Å². The number of rotatable bonds is 2. The van der Waals surface area contributed by atoms with Gasteiger partial charge in [0.2, 0.25) is 0 Å². The van der Waals surface area contributed by atoms with Gasteiger partial charge in [-0.3, -0.25) is 0 Å².